The summed E-state index contributed by atoms with van der Waals surface area (Å²) in [6, 6.07) is 0. The molecule has 0 aromatic carbocycles. The fourth-order valence-corrected chi connectivity index (χ4v) is 0.642. The second-order valence-electron chi connectivity index (χ2n) is 2.73. The van der Waals surface area contributed by atoms with Gasteiger partial charge < -0.3 is 16.0 Å². The molecule has 0 aromatic rings. The van der Waals surface area contributed by atoms with Crippen LogP contribution in [0.5, 0.6) is 0 Å². The highest BCUT2D eigenvalue weighted by atomic mass is 16.5. The van der Waals surface area contributed by atoms with Crippen molar-refractivity contribution in [3.63, 3.8) is 0 Å². The Bertz CT molecular complexity index is 136. The minimum Gasteiger partial charge on any atom is -0.480 e. The van der Waals surface area contributed by atoms with Gasteiger partial charge in [0.2, 0.25) is 0 Å². The second-order valence-corrected chi connectivity index (χ2v) is 2.73. The van der Waals surface area contributed by atoms with Gasteiger partial charge >= 0.3 is 5.97 Å². The first-order chi connectivity index (χ1) is 5.00. The van der Waals surface area contributed by atoms with Crippen LogP contribution in [-0.4, -0.2) is 28.4 Å². The van der Waals surface area contributed by atoms with Crippen LogP contribution in [-0.2, 0) is 4.79 Å². The maximum atomic E-state index is 10.4. The number of hydroxylamine groups is 1. The summed E-state index contributed by atoms with van der Waals surface area (Å²) in [5, 5.41) is 16.7. The number of nitrogens with one attached hydrogen (secondary N) is 1. The van der Waals surface area contributed by atoms with E-state index in [4.69, 9.17) is 16.0 Å². The lowest BCUT2D eigenvalue weighted by molar-refractivity contribution is -0.142. The Morgan fingerprint density at radius 2 is 2.27 bits per heavy atom. The summed E-state index contributed by atoms with van der Waals surface area (Å²) in [4.78, 5) is 10.4. The molecule has 0 bridgehead atoms. The van der Waals surface area contributed by atoms with E-state index in [2.05, 4.69) is 0 Å². The van der Waals surface area contributed by atoms with Crippen molar-refractivity contribution >= 4 is 5.97 Å². The molecule has 1 atom stereocenters. The Hall–Kier alpha value is -0.650. The fraction of sp³-hybridized carbons (Fsp3) is 0.833. The summed E-state index contributed by atoms with van der Waals surface area (Å²) in [5.74, 6) is -1.02. The van der Waals surface area contributed by atoms with Gasteiger partial charge in [0.25, 0.3) is 0 Å². The molecule has 0 rings (SSSR count). The first kappa shape index (κ1) is 10.3. The molecule has 0 fully saturated rings. The molecule has 0 saturated carbocycles. The number of carboxylic acids is 1. The third-order valence-corrected chi connectivity index (χ3v) is 1.47. The molecule has 0 spiro atoms. The summed E-state index contributed by atoms with van der Waals surface area (Å²) in [6.07, 6.45) is 0.881. The molecule has 0 aromatic heterocycles. The number of hydrogen-bond donors (Lipinski definition) is 4. The Labute approximate surface area is 65.2 Å². The van der Waals surface area contributed by atoms with Gasteiger partial charge in [-0.15, -0.1) is 0 Å². The van der Waals surface area contributed by atoms with Crippen LogP contribution in [0.1, 0.15) is 19.8 Å². The zero-order valence-corrected chi connectivity index (χ0v) is 6.50. The van der Waals surface area contributed by atoms with Crippen LogP contribution in [0, 0.1) is 0 Å². The summed E-state index contributed by atoms with van der Waals surface area (Å²) < 4.78 is 0. The lowest BCUT2D eigenvalue weighted by Crippen LogP contribution is -2.45. The van der Waals surface area contributed by atoms with Crippen LogP contribution in [0.2, 0.25) is 0 Å². The van der Waals surface area contributed by atoms with Crippen molar-refractivity contribution in [3.05, 3.63) is 0 Å². The van der Waals surface area contributed by atoms with E-state index in [1.807, 2.05) is 5.48 Å². The quantitative estimate of drug-likeness (QED) is 0.324. The predicted molar refractivity (Wildman–Crippen MR) is 39.3 cm³/mol. The molecule has 0 aliphatic carbocycles. The first-order valence-corrected chi connectivity index (χ1v) is 3.40. The van der Waals surface area contributed by atoms with E-state index in [9.17, 15) is 4.79 Å². The molecular formula is C6H14N2O3. The molecule has 5 heteroatoms. The Morgan fingerprint density at radius 3 is 2.64 bits per heavy atom. The smallest absolute Gasteiger partial charge is 0.323 e. The largest absolute Gasteiger partial charge is 0.480 e. The molecule has 0 unspecified atom stereocenters. The maximum Gasteiger partial charge on any atom is 0.323 e. The van der Waals surface area contributed by atoms with Crippen LogP contribution in [0.4, 0.5) is 0 Å². The van der Waals surface area contributed by atoms with E-state index in [0.717, 1.165) is 0 Å². The van der Waals surface area contributed by atoms with Gasteiger partial charge in [-0.1, -0.05) is 0 Å². The third kappa shape index (κ3) is 3.92. The van der Waals surface area contributed by atoms with Crippen LogP contribution >= 0.6 is 0 Å². The van der Waals surface area contributed by atoms with Crippen molar-refractivity contribution in [2.24, 2.45) is 5.73 Å². The van der Waals surface area contributed by atoms with E-state index < -0.39 is 11.5 Å². The van der Waals surface area contributed by atoms with Crippen molar-refractivity contribution in [2.45, 2.75) is 25.3 Å². The molecule has 0 saturated heterocycles. The van der Waals surface area contributed by atoms with Crippen molar-refractivity contribution in [1.82, 2.24) is 5.48 Å². The van der Waals surface area contributed by atoms with E-state index in [1.54, 1.807) is 0 Å². The minimum absolute atomic E-state index is 0.343. The average molecular weight is 162 g/mol. The normalized spacial score (nSPS) is 15.9. The number of carbonyl (C=O) groups is 1. The van der Waals surface area contributed by atoms with Gasteiger partial charge in [-0.2, -0.15) is 0 Å². The zero-order valence-electron chi connectivity index (χ0n) is 6.50. The number of rotatable bonds is 5. The summed E-state index contributed by atoms with van der Waals surface area (Å²) in [6.45, 7) is 1.81. The van der Waals surface area contributed by atoms with Crippen LogP contribution < -0.4 is 11.2 Å². The van der Waals surface area contributed by atoms with Gasteiger partial charge in [0.15, 0.2) is 0 Å². The molecule has 0 aliphatic rings. The SMILES string of the molecule is C[C@](N)(CCCNO)C(=O)O. The molecule has 0 radical (unpaired) electrons. The van der Waals surface area contributed by atoms with E-state index in [0.29, 0.717) is 19.4 Å². The minimum atomic E-state index is -1.18. The van der Waals surface area contributed by atoms with Crippen molar-refractivity contribution in [3.8, 4) is 0 Å². The van der Waals surface area contributed by atoms with Gasteiger partial charge in [-0.05, 0) is 19.8 Å². The van der Waals surface area contributed by atoms with Crippen LogP contribution in [0.25, 0.3) is 0 Å². The number of carboxylic acid groups (broad SMARTS) is 1. The number of aliphatic carboxylic acids is 1. The highest BCUT2D eigenvalue weighted by Gasteiger charge is 2.26. The lowest BCUT2D eigenvalue weighted by atomic mass is 9.98. The van der Waals surface area contributed by atoms with Gasteiger partial charge in [-0.25, -0.2) is 5.48 Å². The summed E-state index contributed by atoms with van der Waals surface area (Å²) >= 11 is 0. The average Bonchev–Trinajstić information content (AvgIpc) is 1.88. The molecule has 66 valence electrons. The predicted octanol–water partition coefficient (Wildman–Crippen LogP) is -0.453. The third-order valence-electron chi connectivity index (χ3n) is 1.47. The van der Waals surface area contributed by atoms with Crippen LogP contribution in [0.3, 0.4) is 0 Å². The highest BCUT2D eigenvalue weighted by molar-refractivity contribution is 5.77. The van der Waals surface area contributed by atoms with Crippen molar-refractivity contribution in [1.29, 1.82) is 0 Å². The Kier molecular flexibility index (Phi) is 4.02. The second kappa shape index (κ2) is 4.27. The topological polar surface area (TPSA) is 95.6 Å². The lowest BCUT2D eigenvalue weighted by Gasteiger charge is -2.18. The zero-order chi connectivity index (χ0) is 8.91. The molecule has 0 heterocycles. The molecule has 5 N–H and O–H groups in total. The standard InChI is InChI=1S/C6H14N2O3/c1-6(7,5(9)10)3-2-4-8-11/h8,11H,2-4,7H2,1H3,(H,9,10)/t6-/m0/s1. The summed E-state index contributed by atoms with van der Waals surface area (Å²) in [5.41, 5.74) is 6.14. The molecule has 5 nitrogen and oxygen atoms in total. The van der Waals surface area contributed by atoms with Gasteiger partial charge in [0, 0.05) is 6.54 Å². The number of hydrogen-bond acceptors (Lipinski definition) is 4. The maximum absolute atomic E-state index is 10.4. The monoisotopic (exact) mass is 162 g/mol. The van der Waals surface area contributed by atoms with E-state index in [1.165, 1.54) is 6.92 Å². The van der Waals surface area contributed by atoms with Crippen LogP contribution in [0.15, 0.2) is 0 Å². The highest BCUT2D eigenvalue weighted by Crippen LogP contribution is 2.07. The summed E-state index contributed by atoms with van der Waals surface area (Å²) in [7, 11) is 0. The number of nitrogens with two attached hydrogens (primary N) is 1. The first-order valence-electron chi connectivity index (χ1n) is 3.40. The molecular weight excluding hydrogens is 148 g/mol. The van der Waals surface area contributed by atoms with Gasteiger partial charge in [-0.3, -0.25) is 4.79 Å². The molecule has 11 heavy (non-hydrogen) atoms. The van der Waals surface area contributed by atoms with Crippen molar-refractivity contribution in [2.75, 3.05) is 6.54 Å². The Morgan fingerprint density at radius 1 is 1.73 bits per heavy atom. The molecule has 0 aliphatic heterocycles. The fourth-order valence-electron chi connectivity index (χ4n) is 0.642. The Balaban J connectivity index is 3.64. The van der Waals surface area contributed by atoms with Gasteiger partial charge in [0.1, 0.15) is 5.54 Å². The van der Waals surface area contributed by atoms with E-state index in [-0.39, 0.29) is 0 Å². The van der Waals surface area contributed by atoms with E-state index >= 15 is 0 Å². The van der Waals surface area contributed by atoms with Gasteiger partial charge in [0.05, 0.1) is 0 Å². The van der Waals surface area contributed by atoms with Crippen molar-refractivity contribution < 1.29 is 15.1 Å². The molecule has 0 amide bonds.